The monoisotopic (exact) mass is 502 g/mol. The average molecular weight is 502 g/mol. The van der Waals surface area contributed by atoms with Crippen molar-refractivity contribution in [2.75, 3.05) is 13.7 Å². The van der Waals surface area contributed by atoms with Gasteiger partial charge in [-0.1, -0.05) is 19.9 Å². The van der Waals surface area contributed by atoms with Crippen LogP contribution in [0, 0.1) is 18.8 Å². The Morgan fingerprint density at radius 3 is 2.33 bits per heavy atom. The second-order valence-electron chi connectivity index (χ2n) is 11.6. The Labute approximate surface area is 216 Å². The van der Waals surface area contributed by atoms with Crippen molar-refractivity contribution in [1.82, 2.24) is 10.6 Å². The Balaban J connectivity index is 1.65. The fraction of sp³-hybridized carbons (Fsp3) is 0.704. The molecule has 0 spiro atoms. The first kappa shape index (κ1) is 28.5. The maximum atomic E-state index is 13.2. The van der Waals surface area contributed by atoms with Gasteiger partial charge >= 0.3 is 7.12 Å². The molecule has 1 aliphatic carbocycles. The maximum absolute atomic E-state index is 13.2. The van der Waals surface area contributed by atoms with Crippen LogP contribution in [0.2, 0.25) is 0 Å². The normalized spacial score (nSPS) is 22.1. The zero-order chi connectivity index (χ0) is 26.8. The molecule has 1 unspecified atom stereocenters. The molecule has 1 aromatic carbocycles. The highest BCUT2D eigenvalue weighted by atomic mass is 16.7. The van der Waals surface area contributed by atoms with Crippen molar-refractivity contribution in [1.29, 1.82) is 0 Å². The number of ether oxygens (including phenoxy) is 1. The van der Waals surface area contributed by atoms with Gasteiger partial charge in [0, 0.05) is 5.92 Å². The molecule has 0 aromatic heterocycles. The van der Waals surface area contributed by atoms with Gasteiger partial charge in [-0.2, -0.15) is 0 Å². The van der Waals surface area contributed by atoms with Gasteiger partial charge in [0.25, 0.3) is 0 Å². The van der Waals surface area contributed by atoms with E-state index in [0.717, 1.165) is 23.3 Å². The van der Waals surface area contributed by atoms with Gasteiger partial charge in [-0.25, -0.2) is 0 Å². The largest absolute Gasteiger partial charge is 0.496 e. The lowest BCUT2D eigenvalue weighted by atomic mass is 9.74. The molecule has 1 aromatic rings. The van der Waals surface area contributed by atoms with Gasteiger partial charge in [0.1, 0.15) is 11.8 Å². The highest BCUT2D eigenvalue weighted by molar-refractivity contribution is 6.48. The predicted molar refractivity (Wildman–Crippen MR) is 140 cm³/mol. The van der Waals surface area contributed by atoms with E-state index in [0.29, 0.717) is 19.3 Å². The summed E-state index contributed by atoms with van der Waals surface area (Å²) in [6.07, 6.45) is 2.67. The number of nitrogens with one attached hydrogen (secondary N) is 2. The first-order chi connectivity index (χ1) is 16.8. The predicted octanol–water partition coefficient (Wildman–Crippen LogP) is 2.75. The molecule has 1 aliphatic heterocycles. The second-order valence-corrected chi connectivity index (χ2v) is 11.6. The van der Waals surface area contributed by atoms with E-state index in [1.165, 1.54) is 5.56 Å². The smallest absolute Gasteiger partial charge is 0.481 e. The van der Waals surface area contributed by atoms with Gasteiger partial charge < -0.3 is 29.8 Å². The summed E-state index contributed by atoms with van der Waals surface area (Å²) in [4.78, 5) is 26.3. The molecule has 3 N–H and O–H groups in total. The number of rotatable bonds is 9. The summed E-state index contributed by atoms with van der Waals surface area (Å²) in [5, 5.41) is 15.7. The lowest BCUT2D eigenvalue weighted by Crippen LogP contribution is -2.56. The number of hydrogen-bond acceptors (Lipinski definition) is 6. The Kier molecular flexibility index (Phi) is 8.79. The van der Waals surface area contributed by atoms with Crippen molar-refractivity contribution in [3.63, 3.8) is 0 Å². The highest BCUT2D eigenvalue weighted by Gasteiger charge is 2.54. The van der Waals surface area contributed by atoms with Gasteiger partial charge in [0.15, 0.2) is 0 Å². The second kappa shape index (κ2) is 11.1. The molecule has 0 saturated carbocycles. The molecule has 200 valence electrons. The van der Waals surface area contributed by atoms with Crippen LogP contribution in [0.15, 0.2) is 12.1 Å². The molecule has 3 rings (SSSR count). The van der Waals surface area contributed by atoms with Crippen LogP contribution in [0.3, 0.4) is 0 Å². The Bertz CT molecular complexity index is 948. The van der Waals surface area contributed by atoms with Crippen LogP contribution in [0.4, 0.5) is 0 Å². The van der Waals surface area contributed by atoms with Crippen molar-refractivity contribution in [3.05, 3.63) is 28.8 Å². The Morgan fingerprint density at radius 2 is 1.78 bits per heavy atom. The minimum atomic E-state index is -1.05. The molecular formula is C27H43BN2O6. The summed E-state index contributed by atoms with van der Waals surface area (Å²) in [6, 6.07) is 3.08. The molecule has 9 heteroatoms. The summed E-state index contributed by atoms with van der Waals surface area (Å²) >= 11 is 0. The van der Waals surface area contributed by atoms with Gasteiger partial charge in [0.2, 0.25) is 11.8 Å². The first-order valence-corrected chi connectivity index (χ1v) is 13.0. The molecule has 3 atom stereocenters. The zero-order valence-electron chi connectivity index (χ0n) is 23.1. The maximum Gasteiger partial charge on any atom is 0.481 e. The molecule has 8 nitrogen and oxygen atoms in total. The van der Waals surface area contributed by atoms with E-state index in [9.17, 15) is 14.7 Å². The van der Waals surface area contributed by atoms with E-state index in [2.05, 4.69) is 30.5 Å². The number of aliphatic hydroxyl groups is 1. The van der Waals surface area contributed by atoms with Crippen LogP contribution < -0.4 is 15.4 Å². The molecular weight excluding hydrogens is 459 g/mol. The molecule has 2 aliphatic rings. The Hall–Kier alpha value is -2.10. The van der Waals surface area contributed by atoms with Crippen molar-refractivity contribution < 1.29 is 28.7 Å². The van der Waals surface area contributed by atoms with Gasteiger partial charge in [-0.05, 0) is 89.0 Å². The quantitative estimate of drug-likeness (QED) is 0.449. The minimum absolute atomic E-state index is 0.223. The molecule has 36 heavy (non-hydrogen) atoms. The minimum Gasteiger partial charge on any atom is -0.496 e. The number of methoxy groups -OCH3 is 1. The number of hydrogen-bond donors (Lipinski definition) is 3. The topological polar surface area (TPSA) is 106 Å². The fourth-order valence-corrected chi connectivity index (χ4v) is 4.92. The summed E-state index contributed by atoms with van der Waals surface area (Å²) in [5.41, 5.74) is 2.30. The molecule has 0 bridgehead atoms. The number of fused-ring (bicyclic) bond motifs is 1. The number of amides is 2. The van der Waals surface area contributed by atoms with Crippen molar-refractivity contribution >= 4 is 18.9 Å². The summed E-state index contributed by atoms with van der Waals surface area (Å²) in [7, 11) is 1.04. The highest BCUT2D eigenvalue weighted by Crippen LogP contribution is 2.38. The SMILES string of the molecule is COc1cc2c(cc1C)CC(C(=O)N[C@@H](CO)C(=O)N[C@@H](CC(C)C)B1OC(C)(C)C(C)(C)O1)CC2. The first-order valence-electron chi connectivity index (χ1n) is 13.0. The summed E-state index contributed by atoms with van der Waals surface area (Å²) < 4.78 is 17.8. The van der Waals surface area contributed by atoms with Gasteiger partial charge in [-0.15, -0.1) is 0 Å². The van der Waals surface area contributed by atoms with Crippen LogP contribution in [0.25, 0.3) is 0 Å². The van der Waals surface area contributed by atoms with Crippen LogP contribution in [0.5, 0.6) is 5.75 Å². The third-order valence-electron chi connectivity index (χ3n) is 7.78. The molecule has 1 fully saturated rings. The molecule has 1 saturated heterocycles. The lowest BCUT2D eigenvalue weighted by molar-refractivity contribution is -0.132. The number of aryl methyl sites for hydroxylation is 2. The van der Waals surface area contributed by atoms with Crippen LogP contribution in [-0.4, -0.2) is 60.9 Å². The third-order valence-corrected chi connectivity index (χ3v) is 7.78. The standard InChI is InChI=1S/C27H43BN2O6/c1-16(2)11-23(28-35-26(4,5)27(6,7)36-28)30-25(33)21(15-31)29-24(32)19-10-9-18-14-22(34-8)17(3)12-20(18)13-19/h12,14,16,19,21,23,31H,9-11,13,15H2,1-8H3,(H,29,32)(H,30,33)/t19?,21-,23-/m0/s1. The average Bonchev–Trinajstić information content (AvgIpc) is 3.02. The summed E-state index contributed by atoms with van der Waals surface area (Å²) in [5.74, 6) is -0.208. The van der Waals surface area contributed by atoms with Crippen molar-refractivity contribution in [3.8, 4) is 5.75 Å². The third kappa shape index (κ3) is 6.24. The number of benzene rings is 1. The van der Waals surface area contributed by atoms with Crippen molar-refractivity contribution in [2.45, 2.75) is 97.3 Å². The van der Waals surface area contributed by atoms with E-state index in [1.807, 2.05) is 40.7 Å². The van der Waals surface area contributed by atoms with Crippen molar-refractivity contribution in [2.24, 2.45) is 11.8 Å². The van der Waals surface area contributed by atoms with E-state index in [-0.39, 0.29) is 17.7 Å². The molecule has 0 radical (unpaired) electrons. The van der Waals surface area contributed by atoms with E-state index in [4.69, 9.17) is 14.0 Å². The zero-order valence-corrected chi connectivity index (χ0v) is 23.1. The van der Waals surface area contributed by atoms with Crippen LogP contribution in [0.1, 0.15) is 71.1 Å². The Morgan fingerprint density at radius 1 is 1.14 bits per heavy atom. The van der Waals surface area contributed by atoms with E-state index >= 15 is 0 Å². The number of aliphatic hydroxyl groups excluding tert-OH is 1. The van der Waals surface area contributed by atoms with E-state index < -0.39 is 42.8 Å². The van der Waals surface area contributed by atoms with Gasteiger partial charge in [0.05, 0.1) is 30.9 Å². The number of carbonyl (C=O) groups is 2. The molecule has 1 heterocycles. The van der Waals surface area contributed by atoms with Crippen LogP contribution >= 0.6 is 0 Å². The van der Waals surface area contributed by atoms with E-state index in [1.54, 1.807) is 7.11 Å². The summed E-state index contributed by atoms with van der Waals surface area (Å²) in [6.45, 7) is 13.5. The fourth-order valence-electron chi connectivity index (χ4n) is 4.92. The molecule has 2 amide bonds. The van der Waals surface area contributed by atoms with Crippen LogP contribution in [-0.2, 0) is 31.7 Å². The lowest BCUT2D eigenvalue weighted by Gasteiger charge is -2.32. The number of carbonyl (C=O) groups excluding carboxylic acids is 2. The van der Waals surface area contributed by atoms with Gasteiger partial charge in [-0.3, -0.25) is 9.59 Å².